The fourth-order valence-corrected chi connectivity index (χ4v) is 5.20. The molecule has 0 aliphatic heterocycles. The first-order valence-corrected chi connectivity index (χ1v) is 10.1. The highest BCUT2D eigenvalue weighted by Gasteiger charge is 2.80. The van der Waals surface area contributed by atoms with Crippen LogP contribution >= 0.6 is 22.7 Å². The van der Waals surface area contributed by atoms with E-state index in [0.29, 0.717) is 26.7 Å². The predicted molar refractivity (Wildman–Crippen MR) is 103 cm³/mol. The molecule has 152 valence electrons. The first-order valence-electron chi connectivity index (χ1n) is 8.46. The van der Waals surface area contributed by atoms with Crippen LogP contribution in [-0.2, 0) is 0 Å². The molecule has 1 aliphatic rings. The number of alkyl halides is 6. The Morgan fingerprint density at radius 2 is 1.45 bits per heavy atom. The first-order chi connectivity index (χ1) is 13.5. The normalized spacial score (nSPS) is 19.7. The lowest BCUT2D eigenvalue weighted by Crippen LogP contribution is -2.48. The van der Waals surface area contributed by atoms with Gasteiger partial charge in [0.05, 0.1) is 5.57 Å². The van der Waals surface area contributed by atoms with Gasteiger partial charge in [-0.25, -0.2) is 4.98 Å². The molecule has 0 spiro atoms. The van der Waals surface area contributed by atoms with E-state index in [4.69, 9.17) is 0 Å². The summed E-state index contributed by atoms with van der Waals surface area (Å²) >= 11 is 1.77. The van der Waals surface area contributed by atoms with Gasteiger partial charge in [-0.05, 0) is 31.0 Å². The van der Waals surface area contributed by atoms with Crippen molar-refractivity contribution in [3.05, 3.63) is 62.9 Å². The second-order valence-electron chi connectivity index (χ2n) is 6.70. The van der Waals surface area contributed by atoms with Gasteiger partial charge in [0.25, 0.3) is 0 Å². The highest BCUT2D eigenvalue weighted by atomic mass is 32.1. The summed E-state index contributed by atoms with van der Waals surface area (Å²) in [5.74, 6) is -15.7. The Labute approximate surface area is 170 Å². The molecule has 1 aliphatic carbocycles. The number of allylic oxidation sites excluding steroid dienone is 2. The van der Waals surface area contributed by atoms with E-state index in [1.54, 1.807) is 30.3 Å². The van der Waals surface area contributed by atoms with Crippen molar-refractivity contribution in [2.75, 3.05) is 0 Å². The Morgan fingerprint density at radius 1 is 0.828 bits per heavy atom. The van der Waals surface area contributed by atoms with Crippen molar-refractivity contribution in [2.45, 2.75) is 31.6 Å². The molecule has 2 heterocycles. The molecule has 0 saturated heterocycles. The summed E-state index contributed by atoms with van der Waals surface area (Å²) in [6.07, 6.45) is 1.20. The molecule has 0 atom stereocenters. The highest BCUT2D eigenvalue weighted by Crippen LogP contribution is 2.65. The Bertz CT molecular complexity index is 1110. The SMILES string of the molecule is Cc1cnc(C2=C(c3cc(-c4ccccc4)sc3C)C(F)(F)C(F)(F)C2(F)F)s1. The van der Waals surface area contributed by atoms with Crippen LogP contribution < -0.4 is 0 Å². The average molecular weight is 445 g/mol. The third kappa shape index (κ3) is 2.78. The fraction of sp³-hybridized carbons (Fsp3) is 0.250. The van der Waals surface area contributed by atoms with Crippen molar-refractivity contribution in [1.29, 1.82) is 0 Å². The lowest BCUT2D eigenvalue weighted by atomic mass is 9.99. The number of thiazole rings is 1. The van der Waals surface area contributed by atoms with Crippen LogP contribution in [0, 0.1) is 13.8 Å². The van der Waals surface area contributed by atoms with Gasteiger partial charge >= 0.3 is 17.8 Å². The van der Waals surface area contributed by atoms with E-state index >= 15 is 0 Å². The minimum atomic E-state index is -5.56. The Hall–Kier alpha value is -2.13. The molecule has 2 aromatic heterocycles. The van der Waals surface area contributed by atoms with Crippen molar-refractivity contribution in [3.8, 4) is 10.4 Å². The Balaban J connectivity index is 2.02. The van der Waals surface area contributed by atoms with Crippen LogP contribution in [0.2, 0.25) is 0 Å². The van der Waals surface area contributed by atoms with Crippen LogP contribution in [0.4, 0.5) is 26.3 Å². The minimum absolute atomic E-state index is 0.248. The number of thiophene rings is 1. The molecule has 0 fully saturated rings. The van der Waals surface area contributed by atoms with E-state index < -0.39 is 33.9 Å². The first kappa shape index (κ1) is 20.2. The average Bonchev–Trinajstić information content (AvgIpc) is 3.27. The van der Waals surface area contributed by atoms with Gasteiger partial charge in [-0.2, -0.15) is 26.3 Å². The van der Waals surface area contributed by atoms with Gasteiger partial charge in [0.1, 0.15) is 5.01 Å². The summed E-state index contributed by atoms with van der Waals surface area (Å²) in [6, 6.07) is 9.97. The molecule has 0 saturated carbocycles. The monoisotopic (exact) mass is 445 g/mol. The van der Waals surface area contributed by atoms with Crippen LogP contribution in [-0.4, -0.2) is 22.8 Å². The zero-order valence-corrected chi connectivity index (χ0v) is 16.7. The van der Waals surface area contributed by atoms with Gasteiger partial charge < -0.3 is 0 Å². The fourth-order valence-electron chi connectivity index (χ4n) is 3.32. The maximum absolute atomic E-state index is 14.8. The Morgan fingerprint density at radius 3 is 2.03 bits per heavy atom. The van der Waals surface area contributed by atoms with Gasteiger partial charge in [-0.1, -0.05) is 30.3 Å². The molecule has 1 aromatic carbocycles. The highest BCUT2D eigenvalue weighted by molar-refractivity contribution is 7.15. The Kier molecular flexibility index (Phi) is 4.47. The second-order valence-corrected chi connectivity index (χ2v) is 9.19. The van der Waals surface area contributed by atoms with E-state index in [1.165, 1.54) is 26.1 Å². The minimum Gasteiger partial charge on any atom is -0.244 e. The van der Waals surface area contributed by atoms with Crippen molar-refractivity contribution in [3.63, 3.8) is 0 Å². The van der Waals surface area contributed by atoms with Crippen molar-refractivity contribution in [2.24, 2.45) is 0 Å². The largest absolute Gasteiger partial charge is 0.380 e. The maximum atomic E-state index is 14.8. The van der Waals surface area contributed by atoms with E-state index in [1.807, 2.05) is 0 Å². The van der Waals surface area contributed by atoms with Crippen molar-refractivity contribution < 1.29 is 26.3 Å². The number of aryl methyl sites for hydroxylation is 2. The summed E-state index contributed by atoms with van der Waals surface area (Å²) in [6.45, 7) is 2.99. The molecule has 0 N–H and O–H groups in total. The molecule has 9 heteroatoms. The zero-order valence-electron chi connectivity index (χ0n) is 15.1. The van der Waals surface area contributed by atoms with E-state index in [9.17, 15) is 26.3 Å². The maximum Gasteiger partial charge on any atom is 0.380 e. The molecular formula is C20H13F6NS2. The van der Waals surface area contributed by atoms with Gasteiger partial charge in [-0.15, -0.1) is 22.7 Å². The number of nitrogens with zero attached hydrogens (tertiary/aromatic N) is 1. The number of rotatable bonds is 3. The molecule has 3 aromatic rings. The van der Waals surface area contributed by atoms with Crippen molar-refractivity contribution >= 4 is 33.8 Å². The molecule has 29 heavy (non-hydrogen) atoms. The number of halogens is 6. The van der Waals surface area contributed by atoms with Crippen LogP contribution in [0.5, 0.6) is 0 Å². The molecule has 0 unspecified atom stereocenters. The van der Waals surface area contributed by atoms with Crippen molar-refractivity contribution in [1.82, 2.24) is 4.98 Å². The number of hydrogen-bond acceptors (Lipinski definition) is 3. The lowest BCUT2D eigenvalue weighted by Gasteiger charge is -2.25. The van der Waals surface area contributed by atoms with Crippen LogP contribution in [0.15, 0.2) is 42.6 Å². The second kappa shape index (κ2) is 6.43. The van der Waals surface area contributed by atoms with E-state index in [0.717, 1.165) is 11.3 Å². The quantitative estimate of drug-likeness (QED) is 0.385. The molecule has 0 bridgehead atoms. The third-order valence-corrected chi connectivity index (χ3v) is 6.78. The number of aromatic nitrogens is 1. The van der Waals surface area contributed by atoms with Gasteiger partial charge in [0.2, 0.25) is 0 Å². The summed E-state index contributed by atoms with van der Waals surface area (Å²) in [5.41, 5.74) is -2.37. The molecular weight excluding hydrogens is 432 g/mol. The molecule has 4 rings (SSSR count). The lowest BCUT2D eigenvalue weighted by molar-refractivity contribution is -0.254. The number of hydrogen-bond donors (Lipinski definition) is 0. The summed E-state index contributed by atoms with van der Waals surface area (Å²) in [5, 5.41) is -0.522. The standard InChI is InChI=1S/C20H13F6NS2/c1-10-9-27-17(28-10)16-15(18(21,22)20(25,26)19(16,23)24)13-8-14(29-11(13)2)12-6-4-3-5-7-12/h3-9H,1-2H3. The van der Waals surface area contributed by atoms with Gasteiger partial charge in [0, 0.05) is 26.4 Å². The summed E-state index contributed by atoms with van der Waals surface area (Å²) in [7, 11) is 0. The van der Waals surface area contributed by atoms with E-state index in [-0.39, 0.29) is 10.4 Å². The molecule has 0 radical (unpaired) electrons. The van der Waals surface area contributed by atoms with E-state index in [2.05, 4.69) is 4.98 Å². The predicted octanol–water partition coefficient (Wildman–Crippen LogP) is 7.32. The smallest absolute Gasteiger partial charge is 0.244 e. The van der Waals surface area contributed by atoms with Gasteiger partial charge in [-0.3, -0.25) is 0 Å². The summed E-state index contributed by atoms with van der Waals surface area (Å²) in [4.78, 5) is 4.94. The summed E-state index contributed by atoms with van der Waals surface area (Å²) < 4.78 is 87.5. The van der Waals surface area contributed by atoms with Gasteiger partial charge in [0.15, 0.2) is 0 Å². The zero-order chi connectivity index (χ0) is 21.2. The molecule has 0 amide bonds. The number of benzene rings is 1. The third-order valence-electron chi connectivity index (χ3n) is 4.75. The topological polar surface area (TPSA) is 12.9 Å². The molecule has 1 nitrogen and oxygen atoms in total. The van der Waals surface area contributed by atoms with Crippen LogP contribution in [0.3, 0.4) is 0 Å². The van der Waals surface area contributed by atoms with Crippen LogP contribution in [0.25, 0.3) is 21.6 Å². The van der Waals surface area contributed by atoms with Crippen LogP contribution in [0.1, 0.15) is 20.3 Å².